The summed E-state index contributed by atoms with van der Waals surface area (Å²) in [6, 6.07) is 16.7. The minimum absolute atomic E-state index is 0.0535. The van der Waals surface area contributed by atoms with Crippen molar-refractivity contribution in [3.63, 3.8) is 0 Å². The molecule has 0 aromatic heterocycles. The summed E-state index contributed by atoms with van der Waals surface area (Å²) < 4.78 is 5.47. The Kier molecular flexibility index (Phi) is 5.14. The minimum Gasteiger partial charge on any atom is -0.494 e. The van der Waals surface area contributed by atoms with Gasteiger partial charge in [0.05, 0.1) is 12.3 Å². The van der Waals surface area contributed by atoms with Crippen molar-refractivity contribution in [2.45, 2.75) is 13.0 Å². The first-order valence-corrected chi connectivity index (χ1v) is 8.61. The second kappa shape index (κ2) is 7.49. The van der Waals surface area contributed by atoms with Gasteiger partial charge in [-0.25, -0.2) is 0 Å². The molecule has 0 unspecified atom stereocenters. The Balaban J connectivity index is 1.96. The van der Waals surface area contributed by atoms with Crippen molar-refractivity contribution in [1.29, 1.82) is 0 Å². The molecule has 1 fully saturated rings. The maximum Gasteiger partial charge on any atom is 0.260 e. The van der Waals surface area contributed by atoms with Crippen molar-refractivity contribution in [3.8, 4) is 5.75 Å². The molecule has 2 aromatic carbocycles. The van der Waals surface area contributed by atoms with E-state index in [0.717, 1.165) is 17.0 Å². The molecule has 0 radical (unpaired) electrons. The highest BCUT2D eigenvalue weighted by molar-refractivity contribution is 7.80. The fraction of sp³-hybridized carbons (Fsp3) is 0.200. The average molecular weight is 352 g/mol. The van der Waals surface area contributed by atoms with E-state index in [1.165, 1.54) is 0 Å². The molecule has 0 aliphatic carbocycles. The third-order valence-corrected chi connectivity index (χ3v) is 4.47. The molecule has 25 heavy (non-hydrogen) atoms. The lowest BCUT2D eigenvalue weighted by Crippen LogP contribution is -2.32. The minimum atomic E-state index is -0.432. The van der Waals surface area contributed by atoms with E-state index in [4.69, 9.17) is 17.0 Å². The largest absolute Gasteiger partial charge is 0.494 e. The van der Waals surface area contributed by atoms with Gasteiger partial charge in [-0.1, -0.05) is 36.4 Å². The molecule has 0 bridgehead atoms. The summed E-state index contributed by atoms with van der Waals surface area (Å²) in [5.41, 5.74) is 1.66. The van der Waals surface area contributed by atoms with Gasteiger partial charge in [-0.3, -0.25) is 9.69 Å². The van der Waals surface area contributed by atoms with Crippen molar-refractivity contribution in [2.24, 2.45) is 0 Å². The fourth-order valence-corrected chi connectivity index (χ4v) is 3.34. The van der Waals surface area contributed by atoms with E-state index in [-0.39, 0.29) is 5.91 Å². The number of carbonyl (C=O) groups is 1. The Morgan fingerprint density at radius 1 is 1.16 bits per heavy atom. The Hall–Kier alpha value is -2.66. The van der Waals surface area contributed by atoms with Gasteiger partial charge in [0.1, 0.15) is 11.8 Å². The zero-order valence-electron chi connectivity index (χ0n) is 14.1. The van der Waals surface area contributed by atoms with E-state index in [9.17, 15) is 4.79 Å². The van der Waals surface area contributed by atoms with Crippen LogP contribution in [0.1, 0.15) is 18.5 Å². The summed E-state index contributed by atoms with van der Waals surface area (Å²) in [4.78, 5) is 16.6. The predicted octanol–water partition coefficient (Wildman–Crippen LogP) is 3.95. The number of ether oxygens (including phenoxy) is 1. The van der Waals surface area contributed by atoms with Gasteiger partial charge in [0, 0.05) is 6.54 Å². The lowest BCUT2D eigenvalue weighted by Gasteiger charge is -2.22. The first kappa shape index (κ1) is 17.2. The summed E-state index contributed by atoms with van der Waals surface area (Å²) in [6.45, 7) is 6.84. The topological polar surface area (TPSA) is 32.8 Å². The van der Waals surface area contributed by atoms with Gasteiger partial charge in [0.25, 0.3) is 5.91 Å². The highest BCUT2D eigenvalue weighted by Crippen LogP contribution is 2.34. The van der Waals surface area contributed by atoms with Crippen LogP contribution in [0.5, 0.6) is 5.75 Å². The Morgan fingerprint density at radius 2 is 1.84 bits per heavy atom. The summed E-state index contributed by atoms with van der Waals surface area (Å²) in [6.07, 6.45) is 1.76. The van der Waals surface area contributed by atoms with Crippen molar-refractivity contribution in [3.05, 3.63) is 72.8 Å². The van der Waals surface area contributed by atoms with Crippen molar-refractivity contribution >= 4 is 28.9 Å². The van der Waals surface area contributed by atoms with Crippen molar-refractivity contribution in [1.82, 2.24) is 4.90 Å². The van der Waals surface area contributed by atoms with Gasteiger partial charge in [-0.05, 0) is 49.0 Å². The maximum atomic E-state index is 13.1. The van der Waals surface area contributed by atoms with Gasteiger partial charge in [-0.2, -0.15) is 0 Å². The molecule has 128 valence electrons. The average Bonchev–Trinajstić information content (AvgIpc) is 2.88. The Bertz CT molecular complexity index is 774. The molecule has 5 heteroatoms. The number of hydrogen-bond donors (Lipinski definition) is 0. The number of carbonyl (C=O) groups excluding carboxylic acids is 1. The van der Waals surface area contributed by atoms with Crippen LogP contribution in [0, 0.1) is 0 Å². The Labute approximate surface area is 153 Å². The molecular formula is C20H20N2O2S. The molecule has 1 aliphatic rings. The van der Waals surface area contributed by atoms with E-state index in [1.54, 1.807) is 11.0 Å². The van der Waals surface area contributed by atoms with Crippen LogP contribution in [0.2, 0.25) is 0 Å². The van der Waals surface area contributed by atoms with E-state index < -0.39 is 6.04 Å². The number of thiocarbonyl (C=S) groups is 1. The zero-order valence-corrected chi connectivity index (χ0v) is 14.9. The molecule has 2 aromatic rings. The van der Waals surface area contributed by atoms with Crippen molar-refractivity contribution < 1.29 is 9.53 Å². The fourth-order valence-electron chi connectivity index (χ4n) is 2.96. The van der Waals surface area contributed by atoms with Gasteiger partial charge < -0.3 is 9.64 Å². The van der Waals surface area contributed by atoms with E-state index in [2.05, 4.69) is 6.58 Å². The van der Waals surface area contributed by atoms with Crippen LogP contribution in [0.15, 0.2) is 67.3 Å². The molecule has 1 heterocycles. The first-order chi connectivity index (χ1) is 12.2. The third kappa shape index (κ3) is 3.28. The normalized spacial score (nSPS) is 17.1. The van der Waals surface area contributed by atoms with Crippen LogP contribution < -0.4 is 9.64 Å². The van der Waals surface area contributed by atoms with E-state index in [1.807, 2.05) is 66.4 Å². The van der Waals surface area contributed by atoms with E-state index >= 15 is 0 Å². The molecule has 1 atom stereocenters. The lowest BCUT2D eigenvalue weighted by atomic mass is 10.1. The number of amides is 1. The standard InChI is InChI=1S/C20H20N2O2S/c1-3-14-21-18(15-8-6-5-7-9-15)19(23)22(20(21)25)16-10-12-17(13-11-16)24-4-2/h3,5-13,18H,1,4,14H2,2H3/t18-/m0/s1. The van der Waals surface area contributed by atoms with Gasteiger partial charge in [0.15, 0.2) is 5.11 Å². The summed E-state index contributed by atoms with van der Waals surface area (Å²) >= 11 is 5.60. The summed E-state index contributed by atoms with van der Waals surface area (Å²) in [5.74, 6) is 0.716. The van der Waals surface area contributed by atoms with Crippen LogP contribution in [-0.4, -0.2) is 29.1 Å². The van der Waals surface area contributed by atoms with Gasteiger partial charge in [0.2, 0.25) is 0 Å². The van der Waals surface area contributed by atoms with Crippen LogP contribution in [0.3, 0.4) is 0 Å². The molecule has 1 saturated heterocycles. The van der Waals surface area contributed by atoms with E-state index in [0.29, 0.717) is 18.3 Å². The van der Waals surface area contributed by atoms with Crippen LogP contribution in [-0.2, 0) is 4.79 Å². The Morgan fingerprint density at radius 3 is 2.44 bits per heavy atom. The molecule has 1 aliphatic heterocycles. The van der Waals surface area contributed by atoms with Crippen LogP contribution >= 0.6 is 12.2 Å². The number of anilines is 1. The number of nitrogens with zero attached hydrogens (tertiary/aromatic N) is 2. The van der Waals surface area contributed by atoms with Crippen LogP contribution in [0.25, 0.3) is 0 Å². The van der Waals surface area contributed by atoms with Crippen molar-refractivity contribution in [2.75, 3.05) is 18.1 Å². The summed E-state index contributed by atoms with van der Waals surface area (Å²) in [5, 5.41) is 0.489. The number of benzene rings is 2. The number of hydrogen-bond acceptors (Lipinski definition) is 3. The highest BCUT2D eigenvalue weighted by atomic mass is 32.1. The molecule has 3 rings (SSSR count). The lowest BCUT2D eigenvalue weighted by molar-refractivity contribution is -0.119. The molecule has 0 N–H and O–H groups in total. The smallest absolute Gasteiger partial charge is 0.260 e. The second-order valence-corrected chi connectivity index (χ2v) is 6.00. The number of rotatable bonds is 6. The summed E-state index contributed by atoms with van der Waals surface area (Å²) in [7, 11) is 0. The quantitative estimate of drug-likeness (QED) is 0.582. The highest BCUT2D eigenvalue weighted by Gasteiger charge is 2.43. The predicted molar refractivity (Wildman–Crippen MR) is 104 cm³/mol. The second-order valence-electron chi connectivity index (χ2n) is 5.64. The molecule has 4 nitrogen and oxygen atoms in total. The first-order valence-electron chi connectivity index (χ1n) is 8.20. The molecule has 0 saturated carbocycles. The molecular weight excluding hydrogens is 332 g/mol. The SMILES string of the molecule is C=CCN1C(=S)N(c2ccc(OCC)cc2)C(=O)[C@@H]1c1ccccc1. The zero-order chi connectivity index (χ0) is 17.8. The molecule has 0 spiro atoms. The van der Waals surface area contributed by atoms with Gasteiger partial charge in [-0.15, -0.1) is 6.58 Å². The third-order valence-electron chi connectivity index (χ3n) is 4.05. The monoisotopic (exact) mass is 352 g/mol. The molecule has 1 amide bonds. The maximum absolute atomic E-state index is 13.1. The van der Waals surface area contributed by atoms with Gasteiger partial charge >= 0.3 is 0 Å². The van der Waals surface area contributed by atoms with Crippen LogP contribution in [0.4, 0.5) is 5.69 Å².